The van der Waals surface area contributed by atoms with Crippen LogP contribution in [0.3, 0.4) is 0 Å². The van der Waals surface area contributed by atoms with Crippen LogP contribution in [0.1, 0.15) is 18.1 Å². The highest BCUT2D eigenvalue weighted by molar-refractivity contribution is 5.84. The second-order valence-corrected chi connectivity index (χ2v) is 3.98. The summed E-state index contributed by atoms with van der Waals surface area (Å²) in [6, 6.07) is 3.69. The van der Waals surface area contributed by atoms with Crippen LogP contribution < -0.4 is 5.90 Å². The number of benzene rings is 1. The summed E-state index contributed by atoms with van der Waals surface area (Å²) in [5.74, 6) is 4.99. The van der Waals surface area contributed by atoms with Crippen molar-refractivity contribution in [2.24, 2.45) is 5.90 Å². The zero-order valence-electron chi connectivity index (χ0n) is 9.79. The Labute approximate surface area is 102 Å². The van der Waals surface area contributed by atoms with Gasteiger partial charge in [0.25, 0.3) is 0 Å². The molecule has 0 aliphatic rings. The lowest BCUT2D eigenvalue weighted by molar-refractivity contribution is -0.137. The van der Waals surface area contributed by atoms with Gasteiger partial charge in [-0.3, -0.25) is 4.84 Å². The van der Waals surface area contributed by atoms with Gasteiger partial charge in [-0.25, -0.2) is 5.90 Å². The van der Waals surface area contributed by atoms with Crippen molar-refractivity contribution in [2.75, 3.05) is 0 Å². The van der Waals surface area contributed by atoms with Crippen molar-refractivity contribution in [2.45, 2.75) is 26.3 Å². The molecule has 1 aromatic carbocycles. The second kappa shape index (κ2) is 4.62. The molecular weight excluding hydrogens is 245 g/mol. The Balaban J connectivity index is 2.63. The van der Waals surface area contributed by atoms with Crippen LogP contribution in [-0.2, 0) is 24.2 Å². The Morgan fingerprint density at radius 3 is 2.61 bits per heavy atom. The average Bonchev–Trinajstić information content (AvgIpc) is 2.66. The third-order valence-corrected chi connectivity index (χ3v) is 2.87. The first-order valence-electron chi connectivity index (χ1n) is 5.48. The minimum absolute atomic E-state index is 0.0881. The molecule has 2 aromatic rings. The molecule has 0 saturated carbocycles. The van der Waals surface area contributed by atoms with E-state index in [1.54, 1.807) is 6.20 Å². The lowest BCUT2D eigenvalue weighted by Crippen LogP contribution is -2.04. The molecule has 0 aliphatic carbocycles. The summed E-state index contributed by atoms with van der Waals surface area (Å²) in [5, 5.41) is 0.525. The van der Waals surface area contributed by atoms with Crippen LogP contribution in [0.25, 0.3) is 10.9 Å². The lowest BCUT2D eigenvalue weighted by atomic mass is 10.1. The maximum Gasteiger partial charge on any atom is 0.416 e. The van der Waals surface area contributed by atoms with Crippen LogP contribution in [0.15, 0.2) is 24.4 Å². The third kappa shape index (κ3) is 2.21. The molecule has 1 aromatic heterocycles. The number of aromatic nitrogens is 1. The van der Waals surface area contributed by atoms with Crippen molar-refractivity contribution >= 4 is 10.9 Å². The molecule has 0 bridgehead atoms. The first-order valence-corrected chi connectivity index (χ1v) is 5.48. The zero-order chi connectivity index (χ0) is 13.3. The number of halogens is 3. The fraction of sp³-hybridized carbons (Fsp3) is 0.333. The molecule has 0 saturated heterocycles. The van der Waals surface area contributed by atoms with Gasteiger partial charge in [0.2, 0.25) is 0 Å². The molecule has 0 aliphatic heterocycles. The van der Waals surface area contributed by atoms with E-state index >= 15 is 0 Å². The third-order valence-electron chi connectivity index (χ3n) is 2.87. The molecule has 1 heterocycles. The molecule has 0 unspecified atom stereocenters. The fourth-order valence-electron chi connectivity index (χ4n) is 2.01. The first kappa shape index (κ1) is 12.9. The van der Waals surface area contributed by atoms with Crippen LogP contribution in [0.5, 0.6) is 0 Å². The van der Waals surface area contributed by atoms with Gasteiger partial charge in [0.1, 0.15) is 0 Å². The minimum Gasteiger partial charge on any atom is -0.347 e. The van der Waals surface area contributed by atoms with Crippen molar-refractivity contribution in [3.05, 3.63) is 35.5 Å². The minimum atomic E-state index is -4.34. The van der Waals surface area contributed by atoms with Crippen LogP contribution in [0.4, 0.5) is 13.2 Å². The Morgan fingerprint density at radius 2 is 2.06 bits per heavy atom. The number of nitrogens with zero attached hydrogens (tertiary/aromatic N) is 1. The second-order valence-electron chi connectivity index (χ2n) is 3.98. The van der Waals surface area contributed by atoms with Gasteiger partial charge in [0, 0.05) is 29.2 Å². The van der Waals surface area contributed by atoms with Crippen molar-refractivity contribution < 1.29 is 18.0 Å². The first-order chi connectivity index (χ1) is 8.47. The molecule has 98 valence electrons. The number of fused-ring (bicyclic) bond motifs is 1. The fourth-order valence-corrected chi connectivity index (χ4v) is 2.01. The van der Waals surface area contributed by atoms with E-state index in [-0.39, 0.29) is 6.61 Å². The van der Waals surface area contributed by atoms with E-state index in [4.69, 9.17) is 5.90 Å². The van der Waals surface area contributed by atoms with Gasteiger partial charge in [-0.1, -0.05) is 0 Å². The van der Waals surface area contributed by atoms with Crippen LogP contribution >= 0.6 is 0 Å². The van der Waals surface area contributed by atoms with Gasteiger partial charge in [-0.05, 0) is 25.1 Å². The normalized spacial score (nSPS) is 12.3. The van der Waals surface area contributed by atoms with Gasteiger partial charge < -0.3 is 4.57 Å². The van der Waals surface area contributed by atoms with Gasteiger partial charge in [-0.2, -0.15) is 13.2 Å². The van der Waals surface area contributed by atoms with E-state index in [2.05, 4.69) is 4.84 Å². The summed E-state index contributed by atoms with van der Waals surface area (Å²) in [6.07, 6.45) is -2.58. The Bertz CT molecular complexity index is 560. The largest absolute Gasteiger partial charge is 0.416 e. The van der Waals surface area contributed by atoms with Crippen LogP contribution in [-0.4, -0.2) is 4.57 Å². The number of hydrogen-bond acceptors (Lipinski definition) is 2. The number of aryl methyl sites for hydroxylation is 1. The molecule has 0 amide bonds. The highest BCUT2D eigenvalue weighted by Crippen LogP contribution is 2.33. The monoisotopic (exact) mass is 258 g/mol. The smallest absolute Gasteiger partial charge is 0.347 e. The van der Waals surface area contributed by atoms with Gasteiger partial charge in [0.15, 0.2) is 0 Å². The quantitative estimate of drug-likeness (QED) is 0.859. The maximum atomic E-state index is 12.7. The van der Waals surface area contributed by atoms with Crippen molar-refractivity contribution in [3.8, 4) is 0 Å². The van der Waals surface area contributed by atoms with E-state index in [9.17, 15) is 13.2 Å². The Morgan fingerprint density at radius 1 is 1.33 bits per heavy atom. The van der Waals surface area contributed by atoms with Crippen molar-refractivity contribution in [3.63, 3.8) is 0 Å². The topological polar surface area (TPSA) is 40.2 Å². The molecule has 3 nitrogen and oxygen atoms in total. The Kier molecular flexibility index (Phi) is 3.32. The van der Waals surface area contributed by atoms with E-state index in [0.29, 0.717) is 17.5 Å². The standard InChI is InChI=1S/C12H13F3N2O/c1-2-17-6-8(7-18-16)10-5-9(12(13,14)15)3-4-11(10)17/h3-6H,2,7,16H2,1H3. The van der Waals surface area contributed by atoms with Gasteiger partial charge in [0.05, 0.1) is 12.2 Å². The number of alkyl halides is 3. The summed E-state index contributed by atoms with van der Waals surface area (Å²) in [7, 11) is 0. The van der Waals surface area contributed by atoms with Crippen molar-refractivity contribution in [1.82, 2.24) is 4.57 Å². The predicted molar refractivity (Wildman–Crippen MR) is 61.6 cm³/mol. The highest BCUT2D eigenvalue weighted by atomic mass is 19.4. The average molecular weight is 258 g/mol. The number of hydrogen-bond donors (Lipinski definition) is 1. The zero-order valence-corrected chi connectivity index (χ0v) is 9.79. The van der Waals surface area contributed by atoms with E-state index < -0.39 is 11.7 Å². The number of nitrogens with two attached hydrogens (primary N) is 1. The van der Waals surface area contributed by atoms with E-state index in [1.165, 1.54) is 6.07 Å². The number of rotatable bonds is 3. The summed E-state index contributed by atoms with van der Waals surface area (Å²) in [6.45, 7) is 2.68. The highest BCUT2D eigenvalue weighted by Gasteiger charge is 2.30. The molecule has 0 atom stereocenters. The SMILES string of the molecule is CCn1cc(CON)c2cc(C(F)(F)F)ccc21. The molecule has 0 spiro atoms. The Hall–Kier alpha value is -1.53. The maximum absolute atomic E-state index is 12.7. The van der Waals surface area contributed by atoms with Gasteiger partial charge >= 0.3 is 6.18 Å². The van der Waals surface area contributed by atoms with E-state index in [1.807, 2.05) is 11.5 Å². The summed E-state index contributed by atoms with van der Waals surface area (Å²) >= 11 is 0. The van der Waals surface area contributed by atoms with Crippen LogP contribution in [0.2, 0.25) is 0 Å². The summed E-state index contributed by atoms with van der Waals surface area (Å²) in [5.41, 5.74) is 0.736. The van der Waals surface area contributed by atoms with E-state index in [0.717, 1.165) is 17.6 Å². The molecular formula is C12H13F3N2O. The molecule has 0 radical (unpaired) electrons. The van der Waals surface area contributed by atoms with Crippen LogP contribution in [0, 0.1) is 0 Å². The summed E-state index contributed by atoms with van der Waals surface area (Å²) < 4.78 is 39.8. The van der Waals surface area contributed by atoms with Gasteiger partial charge in [-0.15, -0.1) is 0 Å². The lowest BCUT2D eigenvalue weighted by Gasteiger charge is -2.07. The molecule has 6 heteroatoms. The molecule has 0 fully saturated rings. The predicted octanol–water partition coefficient (Wildman–Crippen LogP) is 3.07. The summed E-state index contributed by atoms with van der Waals surface area (Å²) in [4.78, 5) is 4.52. The van der Waals surface area contributed by atoms with Crippen molar-refractivity contribution in [1.29, 1.82) is 0 Å². The molecule has 2 N–H and O–H groups in total. The molecule has 18 heavy (non-hydrogen) atoms. The molecule has 2 rings (SSSR count).